The highest BCUT2D eigenvalue weighted by atomic mass is 32.1. The van der Waals surface area contributed by atoms with E-state index in [4.69, 9.17) is 5.73 Å². The highest BCUT2D eigenvalue weighted by Gasteiger charge is 2.23. The summed E-state index contributed by atoms with van der Waals surface area (Å²) >= 11 is 1.43. The fourth-order valence-electron chi connectivity index (χ4n) is 2.21. The van der Waals surface area contributed by atoms with E-state index < -0.39 is 0 Å². The lowest BCUT2D eigenvalue weighted by molar-refractivity contribution is 0.0775. The molecule has 2 N–H and O–H groups in total. The number of aromatic nitrogens is 1. The Balaban J connectivity index is 1.96. The van der Waals surface area contributed by atoms with E-state index in [-0.39, 0.29) is 5.91 Å². The maximum atomic E-state index is 12.5. The average Bonchev–Trinajstić information content (AvgIpc) is 2.77. The molecule has 3 heterocycles. The van der Waals surface area contributed by atoms with Gasteiger partial charge in [0.25, 0.3) is 5.91 Å². The van der Waals surface area contributed by atoms with Gasteiger partial charge in [-0.25, -0.2) is 0 Å². The lowest BCUT2D eigenvalue weighted by Crippen LogP contribution is -2.34. The van der Waals surface area contributed by atoms with E-state index in [1.54, 1.807) is 6.20 Å². The molecule has 1 aliphatic rings. The molecule has 0 spiro atoms. The lowest BCUT2D eigenvalue weighted by atomic mass is 10.1. The van der Waals surface area contributed by atoms with Crippen LogP contribution in [0.3, 0.4) is 0 Å². The van der Waals surface area contributed by atoms with Crippen LogP contribution in [0, 0.1) is 0 Å². The second-order valence-corrected chi connectivity index (χ2v) is 5.80. The Morgan fingerprint density at radius 3 is 3.05 bits per heavy atom. The summed E-state index contributed by atoms with van der Waals surface area (Å²) in [5, 5.41) is 0. The minimum absolute atomic E-state index is 0.0178. The van der Waals surface area contributed by atoms with E-state index in [0.717, 1.165) is 23.2 Å². The fourth-order valence-corrected chi connectivity index (χ4v) is 3.25. The molecule has 4 nitrogen and oxygen atoms in total. The minimum Gasteiger partial charge on any atom is -0.396 e. The topological polar surface area (TPSA) is 59.2 Å². The monoisotopic (exact) mass is 273 g/mol. The molecule has 0 saturated carbocycles. The number of fused-ring (bicyclic) bond motifs is 1. The van der Waals surface area contributed by atoms with Crippen molar-refractivity contribution < 1.29 is 4.79 Å². The number of amides is 1. The van der Waals surface area contributed by atoms with Crippen LogP contribution in [0.4, 0.5) is 5.69 Å². The predicted molar refractivity (Wildman–Crippen MR) is 78.3 cm³/mol. The number of nitrogens with two attached hydrogens (primary N) is 1. The van der Waals surface area contributed by atoms with E-state index in [2.05, 4.69) is 18.0 Å². The van der Waals surface area contributed by atoms with Gasteiger partial charge >= 0.3 is 0 Å². The molecule has 19 heavy (non-hydrogen) atoms. The number of thiophene rings is 1. The molecule has 5 heteroatoms. The minimum atomic E-state index is 0.0178. The van der Waals surface area contributed by atoms with Crippen LogP contribution < -0.4 is 5.73 Å². The molecule has 0 saturated heterocycles. The molecule has 2 aromatic heterocycles. The van der Waals surface area contributed by atoms with Crippen molar-refractivity contribution in [2.75, 3.05) is 18.8 Å². The van der Waals surface area contributed by atoms with E-state index in [1.807, 2.05) is 17.0 Å². The zero-order chi connectivity index (χ0) is 13.4. The van der Waals surface area contributed by atoms with Crippen molar-refractivity contribution in [1.29, 1.82) is 0 Å². The number of hydrogen-bond donors (Lipinski definition) is 1. The van der Waals surface area contributed by atoms with E-state index in [9.17, 15) is 4.79 Å². The van der Waals surface area contributed by atoms with Crippen LogP contribution in [0.25, 0.3) is 10.2 Å². The van der Waals surface area contributed by atoms with Gasteiger partial charge in [-0.1, -0.05) is 11.6 Å². The van der Waals surface area contributed by atoms with E-state index in [0.29, 0.717) is 17.1 Å². The van der Waals surface area contributed by atoms with Gasteiger partial charge in [-0.2, -0.15) is 0 Å². The molecule has 3 rings (SSSR count). The molecule has 1 amide bonds. The first-order valence-electron chi connectivity index (χ1n) is 6.24. The van der Waals surface area contributed by atoms with Gasteiger partial charge in [0.2, 0.25) is 0 Å². The molecular weight excluding hydrogens is 258 g/mol. The van der Waals surface area contributed by atoms with Crippen molar-refractivity contribution in [3.63, 3.8) is 0 Å². The summed E-state index contributed by atoms with van der Waals surface area (Å²) in [6.45, 7) is 3.54. The molecule has 1 aliphatic heterocycles. The third kappa shape index (κ3) is 2.10. The summed E-state index contributed by atoms with van der Waals surface area (Å²) in [4.78, 5) is 19.2. The molecule has 2 aromatic rings. The number of rotatable bonds is 1. The molecule has 98 valence electrons. The first-order valence-corrected chi connectivity index (χ1v) is 7.06. The summed E-state index contributed by atoms with van der Waals surface area (Å²) in [5.41, 5.74) is 8.65. The van der Waals surface area contributed by atoms with Crippen molar-refractivity contribution in [3.05, 3.63) is 34.9 Å². The third-order valence-electron chi connectivity index (χ3n) is 3.40. The van der Waals surface area contributed by atoms with Gasteiger partial charge in [0, 0.05) is 19.3 Å². The normalized spacial score (nSPS) is 15.6. The van der Waals surface area contributed by atoms with Crippen LogP contribution in [0.2, 0.25) is 0 Å². The summed E-state index contributed by atoms with van der Waals surface area (Å²) in [5.74, 6) is 0.0178. The Hall–Kier alpha value is -1.88. The molecule has 0 atom stereocenters. The Morgan fingerprint density at radius 1 is 1.53 bits per heavy atom. The van der Waals surface area contributed by atoms with Crippen molar-refractivity contribution in [2.45, 2.75) is 13.3 Å². The van der Waals surface area contributed by atoms with Crippen LogP contribution in [0.15, 0.2) is 30.0 Å². The number of carbonyl (C=O) groups excluding carboxylic acids is 1. The average molecular weight is 273 g/mol. The molecule has 0 aliphatic carbocycles. The molecule has 0 fully saturated rings. The van der Waals surface area contributed by atoms with Crippen molar-refractivity contribution in [2.24, 2.45) is 0 Å². The number of carbonyl (C=O) groups is 1. The summed E-state index contributed by atoms with van der Waals surface area (Å²) < 4.78 is 0.965. The number of nitrogens with zero attached hydrogens (tertiary/aromatic N) is 2. The maximum absolute atomic E-state index is 12.5. The largest absolute Gasteiger partial charge is 0.396 e. The van der Waals surface area contributed by atoms with Gasteiger partial charge in [0.15, 0.2) is 0 Å². The number of anilines is 1. The molecule has 0 aromatic carbocycles. The first kappa shape index (κ1) is 12.2. The second-order valence-electron chi connectivity index (χ2n) is 4.75. The highest BCUT2D eigenvalue weighted by molar-refractivity contribution is 7.21. The smallest absolute Gasteiger partial charge is 0.266 e. The lowest BCUT2D eigenvalue weighted by Gasteiger charge is -2.25. The van der Waals surface area contributed by atoms with Crippen LogP contribution in [-0.2, 0) is 0 Å². The van der Waals surface area contributed by atoms with Gasteiger partial charge < -0.3 is 10.6 Å². The summed E-state index contributed by atoms with van der Waals surface area (Å²) in [6, 6.07) is 3.81. The molecule has 0 bridgehead atoms. The number of hydrogen-bond acceptors (Lipinski definition) is 4. The predicted octanol–water partition coefficient (Wildman–Crippen LogP) is 2.67. The van der Waals surface area contributed by atoms with Gasteiger partial charge in [-0.15, -0.1) is 11.3 Å². The second kappa shape index (κ2) is 4.66. The SMILES string of the molecule is CC1=CCN(C(=O)c2sc3cccnc3c2N)CC1. The molecular formula is C14H15N3OS. The zero-order valence-corrected chi connectivity index (χ0v) is 11.5. The third-order valence-corrected chi connectivity index (χ3v) is 4.55. The Bertz CT molecular complexity index is 674. The van der Waals surface area contributed by atoms with Crippen LogP contribution in [0.1, 0.15) is 23.0 Å². The Labute approximate surface area is 115 Å². The summed E-state index contributed by atoms with van der Waals surface area (Å²) in [6.07, 6.45) is 4.74. The van der Waals surface area contributed by atoms with Gasteiger partial charge in [0.05, 0.1) is 10.4 Å². The fraction of sp³-hybridized carbons (Fsp3) is 0.286. The molecule has 0 radical (unpaired) electrons. The standard InChI is InChI=1S/C14H15N3OS/c1-9-4-7-17(8-5-9)14(18)13-11(15)12-10(19-13)3-2-6-16-12/h2-4,6H,5,7-8,15H2,1H3. The van der Waals surface area contributed by atoms with E-state index in [1.165, 1.54) is 16.9 Å². The van der Waals surface area contributed by atoms with Gasteiger partial charge in [-0.05, 0) is 25.5 Å². The molecule has 0 unspecified atom stereocenters. The van der Waals surface area contributed by atoms with Crippen molar-refractivity contribution in [3.8, 4) is 0 Å². The van der Waals surface area contributed by atoms with Gasteiger partial charge in [0.1, 0.15) is 10.4 Å². The zero-order valence-electron chi connectivity index (χ0n) is 10.7. The number of pyridine rings is 1. The van der Waals surface area contributed by atoms with Crippen LogP contribution in [0.5, 0.6) is 0 Å². The van der Waals surface area contributed by atoms with Crippen LogP contribution in [-0.4, -0.2) is 28.9 Å². The van der Waals surface area contributed by atoms with Crippen molar-refractivity contribution >= 4 is 33.1 Å². The van der Waals surface area contributed by atoms with Crippen molar-refractivity contribution in [1.82, 2.24) is 9.88 Å². The number of nitrogen functional groups attached to an aromatic ring is 1. The summed E-state index contributed by atoms with van der Waals surface area (Å²) in [7, 11) is 0. The van der Waals surface area contributed by atoms with E-state index >= 15 is 0 Å². The van der Waals surface area contributed by atoms with Crippen LogP contribution >= 0.6 is 11.3 Å². The first-order chi connectivity index (χ1) is 9.16. The Morgan fingerprint density at radius 2 is 2.37 bits per heavy atom. The quantitative estimate of drug-likeness (QED) is 0.813. The maximum Gasteiger partial charge on any atom is 0.266 e. The Kier molecular flexibility index (Phi) is 2.98. The van der Waals surface area contributed by atoms with Gasteiger partial charge in [-0.3, -0.25) is 9.78 Å². The highest BCUT2D eigenvalue weighted by Crippen LogP contribution is 2.33.